The topological polar surface area (TPSA) is 56.8 Å². The second kappa shape index (κ2) is 5.50. The first-order valence-electron chi connectivity index (χ1n) is 7.69. The molecule has 0 fully saturated rings. The number of ether oxygens (including phenoxy) is 3. The Balaban J connectivity index is 1.51. The Morgan fingerprint density at radius 3 is 2.70 bits per heavy atom. The molecule has 2 aromatic carbocycles. The van der Waals surface area contributed by atoms with Crippen molar-refractivity contribution in [3.05, 3.63) is 48.0 Å². The molecule has 2 heterocycles. The fourth-order valence-corrected chi connectivity index (χ4v) is 2.88. The molecule has 5 nitrogen and oxygen atoms in total. The van der Waals surface area contributed by atoms with E-state index in [1.165, 1.54) is 0 Å². The van der Waals surface area contributed by atoms with Crippen LogP contribution in [0.15, 0.2) is 42.5 Å². The van der Waals surface area contributed by atoms with Crippen molar-refractivity contribution in [1.82, 2.24) is 0 Å². The lowest BCUT2D eigenvalue weighted by molar-refractivity contribution is -0.128. The van der Waals surface area contributed by atoms with Crippen LogP contribution in [0.3, 0.4) is 0 Å². The van der Waals surface area contributed by atoms with Gasteiger partial charge in [0, 0.05) is 12.1 Å². The summed E-state index contributed by atoms with van der Waals surface area (Å²) in [4.78, 5) is 12.5. The molecule has 1 amide bonds. The van der Waals surface area contributed by atoms with Gasteiger partial charge in [0.25, 0.3) is 5.91 Å². The summed E-state index contributed by atoms with van der Waals surface area (Å²) >= 11 is 0. The molecule has 118 valence electrons. The first-order chi connectivity index (χ1) is 11.2. The number of carbonyl (C=O) groups excluding carboxylic acids is 1. The van der Waals surface area contributed by atoms with E-state index in [-0.39, 0.29) is 12.0 Å². The van der Waals surface area contributed by atoms with E-state index in [9.17, 15) is 4.79 Å². The van der Waals surface area contributed by atoms with Crippen molar-refractivity contribution in [2.45, 2.75) is 25.6 Å². The maximum Gasteiger partial charge on any atom is 0.269 e. The summed E-state index contributed by atoms with van der Waals surface area (Å²) in [6.45, 7) is 2.52. The summed E-state index contributed by atoms with van der Waals surface area (Å²) in [7, 11) is 0. The Hall–Kier alpha value is -2.69. The van der Waals surface area contributed by atoms with Gasteiger partial charge in [-0.2, -0.15) is 0 Å². The van der Waals surface area contributed by atoms with Crippen LogP contribution in [0.4, 0.5) is 5.69 Å². The highest BCUT2D eigenvalue weighted by Crippen LogP contribution is 2.34. The van der Waals surface area contributed by atoms with Crippen molar-refractivity contribution in [1.29, 1.82) is 0 Å². The molecule has 2 unspecified atom stereocenters. The summed E-state index contributed by atoms with van der Waals surface area (Å²) < 4.78 is 17.1. The van der Waals surface area contributed by atoms with Crippen molar-refractivity contribution < 1.29 is 19.0 Å². The van der Waals surface area contributed by atoms with E-state index in [1.807, 2.05) is 43.3 Å². The van der Waals surface area contributed by atoms with Gasteiger partial charge < -0.3 is 19.5 Å². The highest BCUT2D eigenvalue weighted by Gasteiger charge is 2.34. The van der Waals surface area contributed by atoms with Crippen molar-refractivity contribution in [2.24, 2.45) is 0 Å². The number of hydrogen-bond donors (Lipinski definition) is 1. The lowest BCUT2D eigenvalue weighted by Gasteiger charge is -2.31. The third-order valence-electron chi connectivity index (χ3n) is 4.06. The maximum absolute atomic E-state index is 12.5. The van der Waals surface area contributed by atoms with Gasteiger partial charge in [0.15, 0.2) is 11.5 Å². The van der Waals surface area contributed by atoms with Crippen molar-refractivity contribution in [3.8, 4) is 17.2 Å². The second-order valence-electron chi connectivity index (χ2n) is 5.72. The first-order valence-corrected chi connectivity index (χ1v) is 7.69. The molecule has 0 saturated carbocycles. The van der Waals surface area contributed by atoms with Crippen LogP contribution >= 0.6 is 0 Å². The lowest BCUT2D eigenvalue weighted by atomic mass is 10.1. The number of amides is 1. The van der Waals surface area contributed by atoms with E-state index in [4.69, 9.17) is 14.2 Å². The van der Waals surface area contributed by atoms with Gasteiger partial charge in [-0.25, -0.2) is 0 Å². The molecule has 2 aromatic rings. The van der Waals surface area contributed by atoms with Crippen LogP contribution in [-0.4, -0.2) is 24.7 Å². The number of anilines is 1. The molecule has 2 aliphatic heterocycles. The minimum atomic E-state index is -0.686. The van der Waals surface area contributed by atoms with E-state index < -0.39 is 6.10 Å². The van der Waals surface area contributed by atoms with E-state index in [0.717, 1.165) is 23.4 Å². The zero-order chi connectivity index (χ0) is 15.8. The molecule has 5 heteroatoms. The summed E-state index contributed by atoms with van der Waals surface area (Å²) in [6, 6.07) is 13.0. The molecule has 1 N–H and O–H groups in total. The third kappa shape index (κ3) is 2.59. The van der Waals surface area contributed by atoms with Crippen LogP contribution < -0.4 is 19.5 Å². The fourth-order valence-electron chi connectivity index (χ4n) is 2.88. The normalized spacial score (nSPS) is 21.3. The quantitative estimate of drug-likeness (QED) is 0.926. The molecular formula is C18H17NO4. The standard InChI is InChI=1S/C18H17NO4/c1-11-17(23-16-5-3-2-4-15(16)22-11)18(20)19-13-6-7-14-12(10-13)8-9-21-14/h2-7,10-11,17H,8-9H2,1H3,(H,19,20). The summed E-state index contributed by atoms with van der Waals surface area (Å²) in [5, 5.41) is 2.90. The number of carbonyl (C=O) groups is 1. The highest BCUT2D eigenvalue weighted by atomic mass is 16.6. The van der Waals surface area contributed by atoms with Crippen LogP contribution in [-0.2, 0) is 11.2 Å². The molecule has 0 radical (unpaired) electrons. The highest BCUT2D eigenvalue weighted by molar-refractivity contribution is 5.95. The van der Waals surface area contributed by atoms with Crippen molar-refractivity contribution >= 4 is 11.6 Å². The molecule has 0 aromatic heterocycles. The average Bonchev–Trinajstić information content (AvgIpc) is 3.01. The second-order valence-corrected chi connectivity index (χ2v) is 5.72. The zero-order valence-corrected chi connectivity index (χ0v) is 12.7. The van der Waals surface area contributed by atoms with Gasteiger partial charge in [0.05, 0.1) is 6.61 Å². The SMILES string of the molecule is CC1Oc2ccccc2OC1C(=O)Nc1ccc2c(c1)CCO2. The van der Waals surface area contributed by atoms with Gasteiger partial charge in [0.2, 0.25) is 6.10 Å². The number of fused-ring (bicyclic) bond motifs is 2. The smallest absolute Gasteiger partial charge is 0.269 e. The van der Waals surface area contributed by atoms with Gasteiger partial charge in [-0.05, 0) is 42.8 Å². The minimum Gasteiger partial charge on any atom is -0.493 e. The van der Waals surface area contributed by atoms with Gasteiger partial charge >= 0.3 is 0 Å². The Bertz CT molecular complexity index is 758. The zero-order valence-electron chi connectivity index (χ0n) is 12.7. The maximum atomic E-state index is 12.5. The molecule has 0 aliphatic carbocycles. The largest absolute Gasteiger partial charge is 0.493 e. The number of rotatable bonds is 2. The summed E-state index contributed by atoms with van der Waals surface area (Å²) in [5.41, 5.74) is 1.86. The summed E-state index contributed by atoms with van der Waals surface area (Å²) in [5.74, 6) is 1.93. The molecular weight excluding hydrogens is 294 g/mol. The third-order valence-corrected chi connectivity index (χ3v) is 4.06. The summed E-state index contributed by atoms with van der Waals surface area (Å²) in [6.07, 6.45) is -0.177. The number of para-hydroxylation sites is 2. The van der Waals surface area contributed by atoms with Gasteiger partial charge in [-0.15, -0.1) is 0 Å². The van der Waals surface area contributed by atoms with Crippen LogP contribution in [0.5, 0.6) is 17.2 Å². The van der Waals surface area contributed by atoms with Crippen LogP contribution in [0.25, 0.3) is 0 Å². The molecule has 2 atom stereocenters. The monoisotopic (exact) mass is 311 g/mol. The van der Waals surface area contributed by atoms with Gasteiger partial charge in [-0.1, -0.05) is 12.1 Å². The van der Waals surface area contributed by atoms with E-state index in [2.05, 4.69) is 5.32 Å². The van der Waals surface area contributed by atoms with Crippen molar-refractivity contribution in [3.63, 3.8) is 0 Å². The van der Waals surface area contributed by atoms with E-state index in [0.29, 0.717) is 18.1 Å². The minimum absolute atomic E-state index is 0.217. The van der Waals surface area contributed by atoms with Crippen LogP contribution in [0.2, 0.25) is 0 Å². The predicted molar refractivity (Wildman–Crippen MR) is 85.2 cm³/mol. The van der Waals surface area contributed by atoms with E-state index >= 15 is 0 Å². The lowest BCUT2D eigenvalue weighted by Crippen LogP contribution is -2.46. The number of hydrogen-bond acceptors (Lipinski definition) is 4. The van der Waals surface area contributed by atoms with Crippen molar-refractivity contribution in [2.75, 3.05) is 11.9 Å². The Morgan fingerprint density at radius 1 is 1.09 bits per heavy atom. The Labute approximate surface area is 134 Å². The van der Waals surface area contributed by atoms with Gasteiger partial charge in [0.1, 0.15) is 11.9 Å². The first kappa shape index (κ1) is 13.9. The van der Waals surface area contributed by atoms with Crippen LogP contribution in [0.1, 0.15) is 12.5 Å². The molecule has 2 aliphatic rings. The molecule has 0 saturated heterocycles. The predicted octanol–water partition coefficient (Wildman–Crippen LogP) is 2.79. The fraction of sp³-hybridized carbons (Fsp3) is 0.278. The van der Waals surface area contributed by atoms with Crippen LogP contribution in [0, 0.1) is 0 Å². The average molecular weight is 311 g/mol. The molecule has 23 heavy (non-hydrogen) atoms. The van der Waals surface area contributed by atoms with E-state index in [1.54, 1.807) is 6.07 Å². The van der Waals surface area contributed by atoms with Gasteiger partial charge in [-0.3, -0.25) is 4.79 Å². The Morgan fingerprint density at radius 2 is 1.87 bits per heavy atom. The molecule has 0 spiro atoms. The number of benzene rings is 2. The Kier molecular flexibility index (Phi) is 3.33. The molecule has 4 rings (SSSR count). The molecule has 0 bridgehead atoms. The number of nitrogens with one attached hydrogen (secondary N) is 1.